The number of rotatable bonds is 2. The zero-order chi connectivity index (χ0) is 21.3. The molecule has 2 aliphatic heterocycles. The molecule has 5 nitrogen and oxygen atoms in total. The summed E-state index contributed by atoms with van der Waals surface area (Å²) in [5.74, 6) is -0.136. The van der Waals surface area contributed by atoms with Crippen molar-refractivity contribution in [3.05, 3.63) is 63.9 Å². The van der Waals surface area contributed by atoms with Gasteiger partial charge >= 0.3 is 21.1 Å². The third-order valence-corrected chi connectivity index (χ3v) is 4.86. The molecule has 1 unspecified atom stereocenters. The summed E-state index contributed by atoms with van der Waals surface area (Å²) in [5.41, 5.74) is 4.17. The van der Waals surface area contributed by atoms with Crippen LogP contribution < -0.4 is 4.90 Å². The number of hydrogen-bond donors (Lipinski definition) is 0. The average Bonchev–Trinajstić information content (AvgIpc) is 2.71. The Hall–Kier alpha value is -1.33. The Balaban J connectivity index is 0.000000308. The third kappa shape index (κ3) is 5.67. The van der Waals surface area contributed by atoms with E-state index in [4.69, 9.17) is 24.2 Å². The molecule has 1 atom stereocenters. The van der Waals surface area contributed by atoms with E-state index in [1.165, 1.54) is 0 Å². The molecule has 2 bridgehead atoms. The van der Waals surface area contributed by atoms with Gasteiger partial charge in [-0.1, -0.05) is 49.7 Å². The smallest absolute Gasteiger partial charge is 0.785 e. The van der Waals surface area contributed by atoms with Crippen molar-refractivity contribution in [2.75, 3.05) is 32.6 Å². The minimum Gasteiger partial charge on any atom is -0.785 e. The van der Waals surface area contributed by atoms with Crippen molar-refractivity contribution in [1.82, 2.24) is 4.90 Å². The van der Waals surface area contributed by atoms with Crippen LogP contribution in [0, 0.1) is 0 Å². The first-order valence-electron chi connectivity index (χ1n) is 9.37. The number of halogens is 1. The molecule has 0 aliphatic carbocycles. The summed E-state index contributed by atoms with van der Waals surface area (Å²) >= 11 is 11.3. The van der Waals surface area contributed by atoms with Crippen LogP contribution in [0.25, 0.3) is 5.32 Å². The van der Waals surface area contributed by atoms with Crippen LogP contribution in [0.2, 0.25) is 5.02 Å². The summed E-state index contributed by atoms with van der Waals surface area (Å²) in [5, 5.41) is 5.07. The SMILES string of the molecule is CN(C)CC(C)(C)[S-].CN1C(=O)C2N=C(c3ccccc3[N-]2)c2cc(Cl)ccc21.[W+2]. The Kier molecular flexibility index (Phi) is 8.20. The molecule has 0 N–H and O–H groups in total. The van der Waals surface area contributed by atoms with E-state index < -0.39 is 6.17 Å². The Morgan fingerprint density at radius 2 is 1.87 bits per heavy atom. The van der Waals surface area contributed by atoms with Crippen LogP contribution in [-0.2, 0) is 38.5 Å². The molecule has 0 aromatic heterocycles. The maximum atomic E-state index is 12.5. The molecule has 2 aromatic rings. The van der Waals surface area contributed by atoms with Gasteiger partial charge in [-0.05, 0) is 44.4 Å². The van der Waals surface area contributed by atoms with Gasteiger partial charge in [0.1, 0.15) is 0 Å². The van der Waals surface area contributed by atoms with E-state index in [2.05, 4.69) is 29.1 Å². The number of likely N-dealkylation sites (N-methyl/N-ethyl adjacent to an activating group) is 1. The van der Waals surface area contributed by atoms with Gasteiger partial charge in [-0.25, -0.2) is 0 Å². The molecule has 0 spiro atoms. The summed E-state index contributed by atoms with van der Waals surface area (Å²) < 4.78 is 0.0312. The maximum Gasteiger partial charge on any atom is 2.00 e. The van der Waals surface area contributed by atoms with Crippen molar-refractivity contribution in [3.63, 3.8) is 0 Å². The Morgan fingerprint density at radius 3 is 2.47 bits per heavy atom. The van der Waals surface area contributed by atoms with Gasteiger partial charge in [0.2, 0.25) is 5.91 Å². The molecule has 2 aromatic carbocycles. The zero-order valence-electron chi connectivity index (χ0n) is 17.7. The van der Waals surface area contributed by atoms with Crippen LogP contribution in [0.15, 0.2) is 47.5 Å². The van der Waals surface area contributed by atoms with Crippen LogP contribution in [-0.4, -0.2) is 55.1 Å². The first-order valence-corrected chi connectivity index (χ1v) is 10.2. The average molecular weight is 613 g/mol. The van der Waals surface area contributed by atoms with E-state index in [9.17, 15) is 4.79 Å². The van der Waals surface area contributed by atoms with Gasteiger partial charge in [-0.2, -0.15) is 0 Å². The molecule has 4 rings (SSSR count). The number of hydrogen-bond acceptors (Lipinski definition) is 4. The first-order chi connectivity index (χ1) is 13.6. The quantitative estimate of drug-likeness (QED) is 0.474. The van der Waals surface area contributed by atoms with Crippen LogP contribution in [0.4, 0.5) is 11.4 Å². The second kappa shape index (κ2) is 9.86. The molecule has 30 heavy (non-hydrogen) atoms. The molecule has 2 aliphatic rings. The van der Waals surface area contributed by atoms with Gasteiger partial charge in [0.15, 0.2) is 0 Å². The number of benzene rings is 2. The van der Waals surface area contributed by atoms with E-state index in [-0.39, 0.29) is 31.7 Å². The van der Waals surface area contributed by atoms with Gasteiger partial charge in [-0.3, -0.25) is 9.79 Å². The predicted molar refractivity (Wildman–Crippen MR) is 124 cm³/mol. The van der Waals surface area contributed by atoms with Crippen molar-refractivity contribution >= 4 is 47.2 Å². The summed E-state index contributed by atoms with van der Waals surface area (Å²) in [4.78, 5) is 20.7. The Bertz CT molecular complexity index is 958. The largest absolute Gasteiger partial charge is 2.00 e. The maximum absolute atomic E-state index is 12.5. The number of amides is 1. The number of para-hydroxylation sites is 1. The van der Waals surface area contributed by atoms with Crippen molar-refractivity contribution in [2.24, 2.45) is 4.99 Å². The zero-order valence-corrected chi connectivity index (χ0v) is 22.2. The topological polar surface area (TPSA) is 50.0 Å². The minimum absolute atomic E-state index is 0. The molecule has 0 saturated heterocycles. The van der Waals surface area contributed by atoms with E-state index in [0.717, 1.165) is 34.8 Å². The summed E-state index contributed by atoms with van der Waals surface area (Å²) in [6.07, 6.45) is -0.717. The van der Waals surface area contributed by atoms with E-state index in [1.807, 2.05) is 50.5 Å². The fraction of sp³-hybridized carbons (Fsp3) is 0.364. The number of fused-ring (bicyclic) bond motifs is 5. The number of nitrogens with zero attached hydrogens (tertiary/aromatic N) is 4. The van der Waals surface area contributed by atoms with Crippen molar-refractivity contribution < 1.29 is 25.9 Å². The molecule has 0 fully saturated rings. The second-order valence-electron chi connectivity index (χ2n) is 8.05. The Morgan fingerprint density at radius 1 is 1.20 bits per heavy atom. The minimum atomic E-state index is -0.717. The van der Waals surface area contributed by atoms with Crippen molar-refractivity contribution in [2.45, 2.75) is 24.8 Å². The van der Waals surface area contributed by atoms with Crippen LogP contribution in [0.1, 0.15) is 25.0 Å². The first kappa shape index (κ1) is 24.9. The molecule has 8 heteroatoms. The van der Waals surface area contributed by atoms with Crippen LogP contribution >= 0.6 is 11.6 Å². The van der Waals surface area contributed by atoms with Gasteiger partial charge < -0.3 is 27.7 Å². The fourth-order valence-corrected chi connectivity index (χ4v) is 3.94. The summed E-state index contributed by atoms with van der Waals surface area (Å²) in [6.45, 7) is 5.09. The normalized spacial score (nSPS) is 16.8. The molecular weight excluding hydrogens is 588 g/mol. The van der Waals surface area contributed by atoms with E-state index >= 15 is 0 Å². The summed E-state index contributed by atoms with van der Waals surface area (Å²) in [6, 6.07) is 13.2. The molecule has 1 amide bonds. The van der Waals surface area contributed by atoms with Crippen molar-refractivity contribution in [3.8, 4) is 0 Å². The van der Waals surface area contributed by atoms with Gasteiger partial charge in [0.05, 0.1) is 17.6 Å². The summed E-state index contributed by atoms with van der Waals surface area (Å²) in [7, 11) is 5.81. The Labute approximate surface area is 203 Å². The monoisotopic (exact) mass is 612 g/mol. The molecule has 158 valence electrons. The molecule has 0 saturated carbocycles. The number of carbonyl (C=O) groups excluding carboxylic acids is 1. The van der Waals surface area contributed by atoms with Gasteiger partial charge in [0, 0.05) is 17.6 Å². The van der Waals surface area contributed by atoms with Gasteiger partial charge in [0.25, 0.3) is 0 Å². The standard InChI is InChI=1S/C16H11ClN3O.C6H15NS.W/c1-20-13-7-6-9(17)8-11(13)14-10-4-2-3-5-12(10)18-15(19-14)16(20)21;1-6(2,8)5-7(3)4;/h2-8,15H,1H3;8H,5H2,1-4H3;/q-1;;+2/p-1. The molecule has 0 radical (unpaired) electrons. The fourth-order valence-electron chi connectivity index (χ4n) is 3.51. The second-order valence-corrected chi connectivity index (χ2v) is 9.60. The molecular formula is C22H25ClN4OSW. The predicted octanol–water partition coefficient (Wildman–Crippen LogP) is 4.37. The van der Waals surface area contributed by atoms with E-state index in [0.29, 0.717) is 5.02 Å². The van der Waals surface area contributed by atoms with E-state index in [1.54, 1.807) is 18.0 Å². The van der Waals surface area contributed by atoms with Crippen LogP contribution in [0.5, 0.6) is 0 Å². The third-order valence-electron chi connectivity index (χ3n) is 4.50. The van der Waals surface area contributed by atoms with Crippen LogP contribution in [0.3, 0.4) is 0 Å². The van der Waals surface area contributed by atoms with Crippen molar-refractivity contribution in [1.29, 1.82) is 0 Å². The number of anilines is 1. The number of carbonyl (C=O) groups is 1. The number of aliphatic imine (C=N–C) groups is 1. The molecule has 2 heterocycles. The van der Waals surface area contributed by atoms with Gasteiger partial charge in [-0.15, -0.1) is 10.4 Å².